The first kappa shape index (κ1) is 16.0. The third-order valence-corrected chi connectivity index (χ3v) is 3.58. The summed E-state index contributed by atoms with van der Waals surface area (Å²) in [5.74, 6) is 0.0914. The van der Waals surface area contributed by atoms with Crippen molar-refractivity contribution in [1.82, 2.24) is 19.7 Å². The number of hydrogen-bond donors (Lipinski definition) is 1. The fourth-order valence-corrected chi connectivity index (χ4v) is 2.35. The number of nitrogens with two attached hydrogens (primary N) is 1. The molecule has 0 bridgehead atoms. The van der Waals surface area contributed by atoms with Gasteiger partial charge in [-0.1, -0.05) is 30.3 Å². The molecular formula is C16H14F3N5. The van der Waals surface area contributed by atoms with E-state index in [2.05, 4.69) is 15.1 Å². The summed E-state index contributed by atoms with van der Waals surface area (Å²) in [6, 6.07) is 9.21. The Morgan fingerprint density at radius 1 is 1.08 bits per heavy atom. The van der Waals surface area contributed by atoms with Gasteiger partial charge in [-0.3, -0.25) is 4.68 Å². The summed E-state index contributed by atoms with van der Waals surface area (Å²) in [5, 5.41) is 4.08. The van der Waals surface area contributed by atoms with Crippen molar-refractivity contribution in [2.45, 2.75) is 19.1 Å². The lowest BCUT2D eigenvalue weighted by Gasteiger charge is -2.17. The summed E-state index contributed by atoms with van der Waals surface area (Å²) in [5.41, 5.74) is 5.74. The van der Waals surface area contributed by atoms with Gasteiger partial charge in [0.05, 0.1) is 24.1 Å². The largest absolute Gasteiger partial charge is 0.433 e. The first-order chi connectivity index (χ1) is 11.4. The predicted molar refractivity (Wildman–Crippen MR) is 82.9 cm³/mol. The number of hydrogen-bond acceptors (Lipinski definition) is 4. The minimum absolute atomic E-state index is 0.0464. The van der Waals surface area contributed by atoms with Crippen LogP contribution in [0.1, 0.15) is 24.2 Å². The van der Waals surface area contributed by atoms with Gasteiger partial charge >= 0.3 is 6.18 Å². The smallest absolute Gasteiger partial charge is 0.396 e. The van der Waals surface area contributed by atoms with Gasteiger partial charge in [0, 0.05) is 0 Å². The summed E-state index contributed by atoms with van der Waals surface area (Å²) in [7, 11) is 0. The molecule has 2 aromatic heterocycles. The Kier molecular flexibility index (Phi) is 3.96. The molecule has 2 N–H and O–H groups in total. The monoisotopic (exact) mass is 333 g/mol. The third kappa shape index (κ3) is 3.08. The van der Waals surface area contributed by atoms with E-state index in [1.54, 1.807) is 37.3 Å². The van der Waals surface area contributed by atoms with Crippen molar-refractivity contribution >= 4 is 5.69 Å². The Labute approximate surface area is 136 Å². The van der Waals surface area contributed by atoms with Gasteiger partial charge in [0.15, 0.2) is 5.82 Å². The Hall–Kier alpha value is -2.90. The van der Waals surface area contributed by atoms with Gasteiger partial charge in [-0.25, -0.2) is 9.97 Å². The third-order valence-electron chi connectivity index (χ3n) is 3.58. The van der Waals surface area contributed by atoms with E-state index >= 15 is 0 Å². The number of aromatic nitrogens is 4. The van der Waals surface area contributed by atoms with E-state index in [4.69, 9.17) is 5.73 Å². The van der Waals surface area contributed by atoms with Gasteiger partial charge < -0.3 is 5.73 Å². The van der Waals surface area contributed by atoms with E-state index in [1.807, 2.05) is 0 Å². The molecule has 0 aliphatic heterocycles. The van der Waals surface area contributed by atoms with Crippen molar-refractivity contribution in [2.75, 3.05) is 5.73 Å². The molecule has 1 aromatic carbocycles. The summed E-state index contributed by atoms with van der Waals surface area (Å²) >= 11 is 0. The molecule has 0 saturated heterocycles. The number of nitrogens with zero attached hydrogens (tertiary/aromatic N) is 4. The number of nitrogen functional groups attached to an aromatic ring is 1. The maximum atomic E-state index is 13.4. The van der Waals surface area contributed by atoms with Crippen LogP contribution in [0.15, 0.2) is 48.8 Å². The standard InChI is InChI=1S/C16H14F3N5/c1-10(11-5-3-2-4-6-11)24-14(16(17,18)19)7-13(23-24)15-21-8-12(20)9-22-15/h2-10H,20H2,1H3/t10-/m1/s1. The summed E-state index contributed by atoms with van der Waals surface area (Å²) in [6.07, 6.45) is -1.88. The fraction of sp³-hybridized carbons (Fsp3) is 0.188. The lowest BCUT2D eigenvalue weighted by Crippen LogP contribution is -2.18. The molecule has 8 heteroatoms. The van der Waals surface area contributed by atoms with E-state index in [9.17, 15) is 13.2 Å². The molecule has 0 saturated carbocycles. The van der Waals surface area contributed by atoms with Crippen molar-refractivity contribution in [2.24, 2.45) is 0 Å². The van der Waals surface area contributed by atoms with Crippen LogP contribution in [0.3, 0.4) is 0 Å². The quantitative estimate of drug-likeness (QED) is 0.796. The number of anilines is 1. The van der Waals surface area contributed by atoms with Crippen LogP contribution in [0.4, 0.5) is 18.9 Å². The molecule has 0 radical (unpaired) electrons. The first-order valence-electron chi connectivity index (χ1n) is 7.16. The molecule has 0 aliphatic rings. The summed E-state index contributed by atoms with van der Waals surface area (Å²) in [4.78, 5) is 7.88. The average molecular weight is 333 g/mol. The minimum atomic E-state index is -4.54. The number of halogens is 3. The van der Waals surface area contributed by atoms with Gasteiger partial charge in [0.1, 0.15) is 11.4 Å². The van der Waals surface area contributed by atoms with Crippen molar-refractivity contribution in [1.29, 1.82) is 0 Å². The molecule has 5 nitrogen and oxygen atoms in total. The Balaban J connectivity index is 2.09. The van der Waals surface area contributed by atoms with Crippen LogP contribution < -0.4 is 5.73 Å². The maximum Gasteiger partial charge on any atom is 0.433 e. The van der Waals surface area contributed by atoms with Gasteiger partial charge in [-0.2, -0.15) is 18.3 Å². The number of benzene rings is 1. The van der Waals surface area contributed by atoms with Crippen LogP contribution in [0.25, 0.3) is 11.5 Å². The van der Waals surface area contributed by atoms with E-state index in [1.165, 1.54) is 12.4 Å². The molecule has 24 heavy (non-hydrogen) atoms. The topological polar surface area (TPSA) is 69.6 Å². The lowest BCUT2D eigenvalue weighted by molar-refractivity contribution is -0.144. The predicted octanol–water partition coefficient (Wildman–Crippen LogP) is 3.55. The number of alkyl halides is 3. The molecule has 2 heterocycles. The Morgan fingerprint density at radius 2 is 1.71 bits per heavy atom. The zero-order chi connectivity index (χ0) is 17.3. The van der Waals surface area contributed by atoms with Crippen molar-refractivity contribution in [3.05, 3.63) is 60.0 Å². The van der Waals surface area contributed by atoms with E-state index < -0.39 is 17.9 Å². The van der Waals surface area contributed by atoms with Crippen LogP contribution in [-0.2, 0) is 6.18 Å². The fourth-order valence-electron chi connectivity index (χ4n) is 2.35. The van der Waals surface area contributed by atoms with Crippen molar-refractivity contribution < 1.29 is 13.2 Å². The van der Waals surface area contributed by atoms with Gasteiger partial charge in [-0.15, -0.1) is 0 Å². The molecule has 1 atom stereocenters. The molecule has 0 unspecified atom stereocenters. The summed E-state index contributed by atoms with van der Waals surface area (Å²) in [6.45, 7) is 1.66. The second kappa shape index (κ2) is 5.95. The maximum absolute atomic E-state index is 13.4. The Bertz CT molecular complexity index is 825. The first-order valence-corrected chi connectivity index (χ1v) is 7.16. The highest BCUT2D eigenvalue weighted by Gasteiger charge is 2.37. The minimum Gasteiger partial charge on any atom is -0.396 e. The Morgan fingerprint density at radius 3 is 2.29 bits per heavy atom. The molecule has 124 valence electrons. The average Bonchev–Trinajstić information content (AvgIpc) is 3.01. The zero-order valence-electron chi connectivity index (χ0n) is 12.7. The van der Waals surface area contributed by atoms with Gasteiger partial charge in [0.2, 0.25) is 0 Å². The highest BCUT2D eigenvalue weighted by molar-refractivity contribution is 5.51. The van der Waals surface area contributed by atoms with Crippen LogP contribution in [-0.4, -0.2) is 19.7 Å². The van der Waals surface area contributed by atoms with Crippen molar-refractivity contribution in [3.63, 3.8) is 0 Å². The normalized spacial score (nSPS) is 13.0. The van der Waals surface area contributed by atoms with Gasteiger partial charge in [0.25, 0.3) is 0 Å². The molecule has 0 spiro atoms. The van der Waals surface area contributed by atoms with Crippen molar-refractivity contribution in [3.8, 4) is 11.5 Å². The molecular weight excluding hydrogens is 319 g/mol. The molecule has 3 aromatic rings. The highest BCUT2D eigenvalue weighted by Crippen LogP contribution is 2.34. The second-order valence-electron chi connectivity index (χ2n) is 5.28. The van der Waals surface area contributed by atoms with E-state index in [0.717, 1.165) is 16.3 Å². The lowest BCUT2D eigenvalue weighted by atomic mass is 10.1. The molecule has 0 fully saturated rings. The van der Waals surface area contributed by atoms with E-state index in [0.29, 0.717) is 5.69 Å². The highest BCUT2D eigenvalue weighted by atomic mass is 19.4. The van der Waals surface area contributed by atoms with Gasteiger partial charge in [-0.05, 0) is 18.6 Å². The zero-order valence-corrected chi connectivity index (χ0v) is 12.7. The molecule has 3 rings (SSSR count). The SMILES string of the molecule is C[C@H](c1ccccc1)n1nc(-c2ncc(N)cn2)cc1C(F)(F)F. The second-order valence-corrected chi connectivity index (χ2v) is 5.28. The van der Waals surface area contributed by atoms with Crippen LogP contribution >= 0.6 is 0 Å². The van der Waals surface area contributed by atoms with Crippen LogP contribution in [0.2, 0.25) is 0 Å². The van der Waals surface area contributed by atoms with Crippen LogP contribution in [0.5, 0.6) is 0 Å². The van der Waals surface area contributed by atoms with E-state index in [-0.39, 0.29) is 11.5 Å². The molecule has 0 amide bonds. The van der Waals surface area contributed by atoms with Crippen LogP contribution in [0, 0.1) is 0 Å². The number of rotatable bonds is 3. The molecule has 0 aliphatic carbocycles. The summed E-state index contributed by atoms with van der Waals surface area (Å²) < 4.78 is 41.1.